The van der Waals surface area contributed by atoms with Crippen LogP contribution in [0.2, 0.25) is 0 Å². The number of hydrogen-bond acceptors (Lipinski definition) is 4. The summed E-state index contributed by atoms with van der Waals surface area (Å²) >= 11 is 0. The number of carbonyl (C=O) groups is 2. The summed E-state index contributed by atoms with van der Waals surface area (Å²) in [5.41, 5.74) is 1.88. The van der Waals surface area contributed by atoms with Crippen LogP contribution in [0.3, 0.4) is 0 Å². The zero-order valence-electron chi connectivity index (χ0n) is 16.1. The van der Waals surface area contributed by atoms with E-state index >= 15 is 0 Å². The zero-order chi connectivity index (χ0) is 18.8. The predicted molar refractivity (Wildman–Crippen MR) is 120 cm³/mol. The van der Waals surface area contributed by atoms with E-state index in [4.69, 9.17) is 0 Å². The van der Waals surface area contributed by atoms with Gasteiger partial charge >= 0.3 is 0 Å². The van der Waals surface area contributed by atoms with Crippen LogP contribution in [0.25, 0.3) is 10.9 Å². The van der Waals surface area contributed by atoms with Gasteiger partial charge in [-0.25, -0.2) is 4.98 Å². The molecule has 6 nitrogen and oxygen atoms in total. The first-order valence-corrected chi connectivity index (χ1v) is 9.19. The SMILES string of the molecule is CN1CCC(C(=O)c2cccc(NC(=O)c3c[nH]c4ccccc34)n2)CC1.Cl.Cl. The van der Waals surface area contributed by atoms with Crippen LogP contribution >= 0.6 is 24.8 Å². The molecule has 154 valence electrons. The maximum Gasteiger partial charge on any atom is 0.258 e. The lowest BCUT2D eigenvalue weighted by molar-refractivity contribution is 0.0851. The number of hydrogen-bond donors (Lipinski definition) is 2. The molecule has 1 aliphatic heterocycles. The van der Waals surface area contributed by atoms with Gasteiger partial charge in [-0.2, -0.15) is 0 Å². The van der Waals surface area contributed by atoms with E-state index in [9.17, 15) is 9.59 Å². The molecule has 0 radical (unpaired) electrons. The number of carbonyl (C=O) groups excluding carboxylic acids is 2. The first-order valence-electron chi connectivity index (χ1n) is 9.19. The maximum absolute atomic E-state index is 12.7. The van der Waals surface area contributed by atoms with Gasteiger partial charge in [0.05, 0.1) is 5.56 Å². The summed E-state index contributed by atoms with van der Waals surface area (Å²) in [5.74, 6) is 0.215. The molecule has 3 aromatic rings. The number of ketones is 1. The minimum atomic E-state index is -0.246. The number of aromatic nitrogens is 2. The van der Waals surface area contributed by atoms with Crippen LogP contribution in [0.4, 0.5) is 5.82 Å². The first kappa shape index (κ1) is 22.9. The van der Waals surface area contributed by atoms with Crippen LogP contribution in [0.1, 0.15) is 33.7 Å². The van der Waals surface area contributed by atoms with Gasteiger partial charge in [-0.15, -0.1) is 24.8 Å². The summed E-state index contributed by atoms with van der Waals surface area (Å²) in [6.45, 7) is 1.85. The van der Waals surface area contributed by atoms with Gasteiger partial charge in [0.1, 0.15) is 11.5 Å². The maximum atomic E-state index is 12.7. The lowest BCUT2D eigenvalue weighted by Crippen LogP contribution is -2.33. The van der Waals surface area contributed by atoms with E-state index in [0.717, 1.165) is 36.8 Å². The summed E-state index contributed by atoms with van der Waals surface area (Å²) < 4.78 is 0. The lowest BCUT2D eigenvalue weighted by Gasteiger charge is -2.27. The highest BCUT2D eigenvalue weighted by molar-refractivity contribution is 6.12. The number of nitrogens with one attached hydrogen (secondary N) is 2. The zero-order valence-corrected chi connectivity index (χ0v) is 17.7. The van der Waals surface area contributed by atoms with Gasteiger partial charge in [-0.3, -0.25) is 9.59 Å². The second-order valence-corrected chi connectivity index (χ2v) is 7.05. The molecular formula is C21H24Cl2N4O2. The quantitative estimate of drug-likeness (QED) is 0.603. The summed E-state index contributed by atoms with van der Waals surface area (Å²) in [5, 5.41) is 3.67. The Balaban J connectivity index is 0.00000150. The Kier molecular flexibility index (Phi) is 7.79. The van der Waals surface area contributed by atoms with Crippen LogP contribution in [0.15, 0.2) is 48.7 Å². The number of amides is 1. The molecule has 3 heterocycles. The van der Waals surface area contributed by atoms with Crippen LogP contribution < -0.4 is 5.32 Å². The van der Waals surface area contributed by atoms with Gasteiger partial charge in [0.2, 0.25) is 0 Å². The number of anilines is 1. The predicted octanol–water partition coefficient (Wildman–Crippen LogP) is 4.18. The number of halogens is 2. The Morgan fingerprint density at radius 3 is 2.55 bits per heavy atom. The second-order valence-electron chi connectivity index (χ2n) is 7.05. The Morgan fingerprint density at radius 1 is 1.07 bits per heavy atom. The minimum absolute atomic E-state index is 0. The van der Waals surface area contributed by atoms with E-state index < -0.39 is 0 Å². The molecule has 1 aromatic carbocycles. The molecule has 0 atom stereocenters. The first-order chi connectivity index (χ1) is 13.1. The second kappa shape index (κ2) is 9.87. The molecule has 1 aliphatic rings. The number of likely N-dealkylation sites (tertiary alicyclic amines) is 1. The van der Waals surface area contributed by atoms with Gasteiger partial charge in [0.15, 0.2) is 5.78 Å². The highest BCUT2D eigenvalue weighted by Gasteiger charge is 2.25. The molecule has 0 saturated carbocycles. The molecule has 0 bridgehead atoms. The van der Waals surface area contributed by atoms with Gasteiger partial charge in [-0.05, 0) is 51.2 Å². The van der Waals surface area contributed by atoms with Crippen molar-refractivity contribution in [3.05, 3.63) is 59.9 Å². The normalized spacial score (nSPS) is 14.7. The van der Waals surface area contributed by atoms with Crippen molar-refractivity contribution in [3.63, 3.8) is 0 Å². The Hall–Kier alpha value is -2.41. The number of Topliss-reactive ketones (excluding diaryl/α,β-unsaturated/α-hetero) is 1. The van der Waals surface area contributed by atoms with Crippen molar-refractivity contribution in [1.82, 2.24) is 14.9 Å². The Morgan fingerprint density at radius 2 is 1.79 bits per heavy atom. The Labute approximate surface area is 181 Å². The molecular weight excluding hydrogens is 411 g/mol. The number of para-hydroxylation sites is 1. The largest absolute Gasteiger partial charge is 0.360 e. The molecule has 8 heteroatoms. The third-order valence-electron chi connectivity index (χ3n) is 5.17. The topological polar surface area (TPSA) is 78.1 Å². The number of H-pyrrole nitrogens is 1. The molecule has 2 aromatic heterocycles. The minimum Gasteiger partial charge on any atom is -0.360 e. The van der Waals surface area contributed by atoms with Crippen molar-refractivity contribution in [3.8, 4) is 0 Å². The van der Waals surface area contributed by atoms with Crippen molar-refractivity contribution in [2.45, 2.75) is 12.8 Å². The summed E-state index contributed by atoms with van der Waals surface area (Å²) in [7, 11) is 2.07. The molecule has 1 saturated heterocycles. The number of aromatic amines is 1. The van der Waals surface area contributed by atoms with E-state index in [-0.39, 0.29) is 42.4 Å². The van der Waals surface area contributed by atoms with Crippen LogP contribution in [-0.4, -0.2) is 46.7 Å². The van der Waals surface area contributed by atoms with E-state index in [1.165, 1.54) is 0 Å². The monoisotopic (exact) mass is 434 g/mol. The molecule has 2 N–H and O–H groups in total. The Bertz CT molecular complexity index is 997. The van der Waals surface area contributed by atoms with Gasteiger partial charge in [-0.1, -0.05) is 24.3 Å². The lowest BCUT2D eigenvalue weighted by atomic mass is 9.91. The van der Waals surface area contributed by atoms with Crippen molar-refractivity contribution in [2.24, 2.45) is 5.92 Å². The molecule has 1 fully saturated rings. The van der Waals surface area contributed by atoms with Crippen LogP contribution in [0, 0.1) is 5.92 Å². The van der Waals surface area contributed by atoms with Crippen molar-refractivity contribution >= 4 is 53.2 Å². The average Bonchev–Trinajstić information content (AvgIpc) is 3.12. The van der Waals surface area contributed by atoms with Gasteiger partial charge in [0, 0.05) is 23.0 Å². The van der Waals surface area contributed by atoms with Crippen molar-refractivity contribution in [1.29, 1.82) is 0 Å². The fourth-order valence-electron chi connectivity index (χ4n) is 3.56. The van der Waals surface area contributed by atoms with Crippen LogP contribution in [0.5, 0.6) is 0 Å². The summed E-state index contributed by atoms with van der Waals surface area (Å²) in [6.07, 6.45) is 3.39. The fourth-order valence-corrected chi connectivity index (χ4v) is 3.56. The smallest absolute Gasteiger partial charge is 0.258 e. The van der Waals surface area contributed by atoms with Crippen molar-refractivity contribution in [2.75, 3.05) is 25.5 Å². The summed E-state index contributed by atoms with van der Waals surface area (Å²) in [6, 6.07) is 12.8. The highest BCUT2D eigenvalue weighted by atomic mass is 35.5. The number of rotatable bonds is 4. The van der Waals surface area contributed by atoms with E-state index in [1.54, 1.807) is 24.4 Å². The average molecular weight is 435 g/mol. The van der Waals surface area contributed by atoms with Crippen LogP contribution in [-0.2, 0) is 0 Å². The summed E-state index contributed by atoms with van der Waals surface area (Å²) in [4.78, 5) is 35.1. The highest BCUT2D eigenvalue weighted by Crippen LogP contribution is 2.22. The van der Waals surface area contributed by atoms with Crippen molar-refractivity contribution < 1.29 is 9.59 Å². The van der Waals surface area contributed by atoms with E-state index in [0.29, 0.717) is 17.1 Å². The standard InChI is InChI=1S/C21H22N4O2.2ClH/c1-25-11-9-14(10-12-25)20(26)18-7-4-8-19(23-18)24-21(27)16-13-22-17-6-3-2-5-15(16)17;;/h2-8,13-14,22H,9-12H2,1H3,(H,23,24,27);2*1H. The molecule has 0 unspecified atom stereocenters. The van der Waals surface area contributed by atoms with E-state index in [1.807, 2.05) is 24.3 Å². The number of pyridine rings is 1. The van der Waals surface area contributed by atoms with E-state index in [2.05, 4.69) is 27.2 Å². The molecule has 0 aliphatic carbocycles. The third-order valence-corrected chi connectivity index (χ3v) is 5.17. The molecule has 1 amide bonds. The molecule has 29 heavy (non-hydrogen) atoms. The number of benzene rings is 1. The van der Waals surface area contributed by atoms with Gasteiger partial charge < -0.3 is 15.2 Å². The van der Waals surface area contributed by atoms with Gasteiger partial charge in [0.25, 0.3) is 5.91 Å². The molecule has 4 rings (SSSR count). The third kappa shape index (κ3) is 4.96. The molecule has 0 spiro atoms. The number of piperidine rings is 1. The number of fused-ring (bicyclic) bond motifs is 1. The number of nitrogens with zero attached hydrogens (tertiary/aromatic N) is 2. The fraction of sp³-hybridized carbons (Fsp3) is 0.286.